The highest BCUT2D eigenvalue weighted by atomic mass is 79.9. The number of nitrogens with one attached hydrogen (secondary N) is 1. The molecule has 0 saturated carbocycles. The van der Waals surface area contributed by atoms with Crippen LogP contribution in [0.5, 0.6) is 0 Å². The minimum atomic E-state index is -4.28. The van der Waals surface area contributed by atoms with Crippen molar-refractivity contribution in [3.8, 4) is 0 Å². The lowest BCUT2D eigenvalue weighted by Crippen LogP contribution is -2.12. The van der Waals surface area contributed by atoms with Crippen molar-refractivity contribution in [2.45, 2.75) is 19.3 Å². The molecule has 1 N–H and O–H groups in total. The molecule has 0 bridgehead atoms. The van der Waals surface area contributed by atoms with Gasteiger partial charge in [0.05, 0.1) is 9.35 Å². The number of hydrogen-bond acceptors (Lipinski definition) is 2. The van der Waals surface area contributed by atoms with Gasteiger partial charge in [-0.1, -0.05) is 12.1 Å². The van der Waals surface area contributed by atoms with Gasteiger partial charge in [-0.05, 0) is 55.6 Å². The van der Waals surface area contributed by atoms with Crippen LogP contribution in [0.2, 0.25) is 0 Å². The van der Waals surface area contributed by atoms with Crippen molar-refractivity contribution in [1.82, 2.24) is 5.32 Å². The van der Waals surface area contributed by atoms with Gasteiger partial charge in [-0.25, -0.2) is 0 Å². The van der Waals surface area contributed by atoms with E-state index in [1.54, 1.807) is 11.3 Å². The van der Waals surface area contributed by atoms with E-state index in [-0.39, 0.29) is 0 Å². The molecule has 108 valence electrons. The molecule has 0 atom stereocenters. The molecule has 2 aromatic rings. The molecule has 0 saturated heterocycles. The smallest absolute Gasteiger partial charge is 0.308 e. The summed E-state index contributed by atoms with van der Waals surface area (Å²) in [6, 6.07) is 7.21. The van der Waals surface area contributed by atoms with Crippen LogP contribution in [0.1, 0.15) is 16.0 Å². The Hall–Kier alpha value is -0.370. The van der Waals surface area contributed by atoms with Crippen LogP contribution in [0.25, 0.3) is 0 Å². The number of alkyl halides is 3. The normalized spacial score (nSPS) is 11.8. The summed E-state index contributed by atoms with van der Waals surface area (Å²) >= 11 is 8.44. The van der Waals surface area contributed by atoms with Crippen molar-refractivity contribution in [2.24, 2.45) is 0 Å². The van der Waals surface area contributed by atoms with E-state index < -0.39 is 11.7 Å². The average molecular weight is 429 g/mol. The van der Waals surface area contributed by atoms with E-state index in [4.69, 9.17) is 0 Å². The Morgan fingerprint density at radius 3 is 2.20 bits per heavy atom. The molecule has 0 aliphatic heterocycles. The molecule has 0 fully saturated rings. The Labute approximate surface area is 135 Å². The van der Waals surface area contributed by atoms with Crippen LogP contribution >= 0.6 is 43.2 Å². The van der Waals surface area contributed by atoms with Crippen LogP contribution in [0.15, 0.2) is 38.6 Å². The van der Waals surface area contributed by atoms with Gasteiger partial charge in [-0.3, -0.25) is 0 Å². The second kappa shape index (κ2) is 6.60. The van der Waals surface area contributed by atoms with Crippen molar-refractivity contribution < 1.29 is 13.2 Å². The summed E-state index contributed by atoms with van der Waals surface area (Å²) in [6.45, 7) is 1.21. The number of benzene rings is 1. The van der Waals surface area contributed by atoms with Crippen LogP contribution in [0, 0.1) is 0 Å². The first kappa shape index (κ1) is 16.0. The average Bonchev–Trinajstić information content (AvgIpc) is 2.68. The standard InChI is InChI=1S/C13H10Br2F3NS/c14-11-5-10(20-12(11)15)7-19-6-8-1-3-9(4-2-8)13(16,17)18/h1-5,19H,6-7H2. The maximum atomic E-state index is 12.4. The Bertz CT molecular complexity index is 559. The Morgan fingerprint density at radius 2 is 1.70 bits per heavy atom. The zero-order valence-electron chi connectivity index (χ0n) is 10.1. The molecule has 7 heteroatoms. The van der Waals surface area contributed by atoms with Crippen molar-refractivity contribution in [3.63, 3.8) is 0 Å². The first-order valence-corrected chi connectivity index (χ1v) is 8.07. The fourth-order valence-electron chi connectivity index (χ4n) is 1.62. The molecule has 0 unspecified atom stereocenters. The summed E-state index contributed by atoms with van der Waals surface area (Å²) in [6.07, 6.45) is -4.28. The molecule has 20 heavy (non-hydrogen) atoms. The largest absolute Gasteiger partial charge is 0.416 e. The number of hydrogen-bond donors (Lipinski definition) is 1. The first-order valence-electron chi connectivity index (χ1n) is 5.67. The predicted octanol–water partition coefficient (Wildman–Crippen LogP) is 5.58. The third kappa shape index (κ3) is 4.31. The summed E-state index contributed by atoms with van der Waals surface area (Å²) in [7, 11) is 0. The Morgan fingerprint density at radius 1 is 1.05 bits per heavy atom. The van der Waals surface area contributed by atoms with E-state index in [9.17, 15) is 13.2 Å². The van der Waals surface area contributed by atoms with E-state index in [1.807, 2.05) is 6.07 Å². The lowest BCUT2D eigenvalue weighted by molar-refractivity contribution is -0.137. The second-order valence-corrected chi connectivity index (χ2v) is 7.44. The molecule has 0 aliphatic carbocycles. The van der Waals surface area contributed by atoms with Gasteiger partial charge in [0.25, 0.3) is 0 Å². The molecule has 2 rings (SSSR count). The molecule has 0 radical (unpaired) electrons. The molecule has 1 nitrogen and oxygen atoms in total. The minimum absolute atomic E-state index is 0.533. The summed E-state index contributed by atoms with van der Waals surface area (Å²) in [5.74, 6) is 0. The Kier molecular flexibility index (Phi) is 5.28. The van der Waals surface area contributed by atoms with E-state index in [2.05, 4.69) is 37.2 Å². The van der Waals surface area contributed by atoms with E-state index >= 15 is 0 Å². The second-order valence-electron chi connectivity index (χ2n) is 4.13. The van der Waals surface area contributed by atoms with Gasteiger partial charge in [-0.15, -0.1) is 11.3 Å². The van der Waals surface area contributed by atoms with Gasteiger partial charge < -0.3 is 5.32 Å². The molecular weight excluding hydrogens is 419 g/mol. The molecule has 0 amide bonds. The number of rotatable bonds is 4. The fraction of sp³-hybridized carbons (Fsp3) is 0.231. The van der Waals surface area contributed by atoms with Gasteiger partial charge in [0, 0.05) is 22.4 Å². The lowest BCUT2D eigenvalue weighted by Gasteiger charge is -2.08. The van der Waals surface area contributed by atoms with Crippen LogP contribution < -0.4 is 5.32 Å². The highest BCUT2D eigenvalue weighted by Crippen LogP contribution is 2.32. The molecule has 0 spiro atoms. The summed E-state index contributed by atoms with van der Waals surface area (Å²) in [5, 5.41) is 3.20. The molecule has 1 heterocycles. The van der Waals surface area contributed by atoms with Crippen LogP contribution in [-0.2, 0) is 19.3 Å². The first-order chi connectivity index (χ1) is 9.36. The zero-order chi connectivity index (χ0) is 14.8. The fourth-order valence-corrected chi connectivity index (χ4v) is 3.77. The van der Waals surface area contributed by atoms with Gasteiger partial charge >= 0.3 is 6.18 Å². The van der Waals surface area contributed by atoms with Crippen LogP contribution in [0.3, 0.4) is 0 Å². The van der Waals surface area contributed by atoms with E-state index in [0.717, 1.165) is 30.8 Å². The van der Waals surface area contributed by atoms with Crippen LogP contribution in [-0.4, -0.2) is 0 Å². The van der Waals surface area contributed by atoms with Gasteiger partial charge in [-0.2, -0.15) is 13.2 Å². The molecule has 0 aliphatic rings. The SMILES string of the molecule is FC(F)(F)c1ccc(CNCc2cc(Br)c(Br)s2)cc1. The molecule has 1 aromatic carbocycles. The highest BCUT2D eigenvalue weighted by Gasteiger charge is 2.29. The summed E-state index contributed by atoms with van der Waals surface area (Å²) in [4.78, 5) is 1.15. The molecule has 1 aromatic heterocycles. The number of thiophene rings is 1. The van der Waals surface area contributed by atoms with Crippen molar-refractivity contribution in [1.29, 1.82) is 0 Å². The Balaban J connectivity index is 1.88. The van der Waals surface area contributed by atoms with E-state index in [0.29, 0.717) is 13.1 Å². The van der Waals surface area contributed by atoms with Crippen LogP contribution in [0.4, 0.5) is 13.2 Å². The number of halogens is 5. The maximum Gasteiger partial charge on any atom is 0.416 e. The lowest BCUT2D eigenvalue weighted by atomic mass is 10.1. The van der Waals surface area contributed by atoms with Gasteiger partial charge in [0.15, 0.2) is 0 Å². The van der Waals surface area contributed by atoms with Gasteiger partial charge in [0.2, 0.25) is 0 Å². The third-order valence-electron chi connectivity index (χ3n) is 2.61. The highest BCUT2D eigenvalue weighted by molar-refractivity contribution is 9.13. The summed E-state index contributed by atoms with van der Waals surface area (Å²) in [5.41, 5.74) is 0.208. The van der Waals surface area contributed by atoms with Crippen molar-refractivity contribution in [3.05, 3.63) is 54.6 Å². The minimum Gasteiger partial charge on any atom is -0.308 e. The van der Waals surface area contributed by atoms with Crippen molar-refractivity contribution in [2.75, 3.05) is 0 Å². The van der Waals surface area contributed by atoms with E-state index in [1.165, 1.54) is 12.1 Å². The van der Waals surface area contributed by atoms with Gasteiger partial charge in [0.1, 0.15) is 0 Å². The predicted molar refractivity (Wildman–Crippen MR) is 81.7 cm³/mol. The topological polar surface area (TPSA) is 12.0 Å². The van der Waals surface area contributed by atoms with Crippen molar-refractivity contribution >= 4 is 43.2 Å². The maximum absolute atomic E-state index is 12.4. The monoisotopic (exact) mass is 427 g/mol. The zero-order valence-corrected chi connectivity index (χ0v) is 14.1. The third-order valence-corrected chi connectivity index (χ3v) is 5.86. The quantitative estimate of drug-likeness (QED) is 0.670. The molecular formula is C13H10Br2F3NS. The summed E-state index contributed by atoms with van der Waals surface area (Å²) < 4.78 is 39.3.